The van der Waals surface area contributed by atoms with Crippen LogP contribution in [0.4, 0.5) is 0 Å². The summed E-state index contributed by atoms with van der Waals surface area (Å²) in [7, 11) is 0. The molecule has 0 amide bonds. The molecule has 3 nitrogen and oxygen atoms in total. The van der Waals surface area contributed by atoms with Gasteiger partial charge in [-0.15, -0.1) is 0 Å². The zero-order valence-electron chi connectivity index (χ0n) is 11.7. The van der Waals surface area contributed by atoms with E-state index in [2.05, 4.69) is 21.0 Å². The van der Waals surface area contributed by atoms with Crippen LogP contribution in [0, 0.1) is 6.92 Å². The topological polar surface area (TPSA) is 31.0 Å². The van der Waals surface area contributed by atoms with Gasteiger partial charge in [0.05, 0.1) is 35.3 Å². The van der Waals surface area contributed by atoms with E-state index in [0.29, 0.717) is 6.54 Å². The molecule has 0 aliphatic heterocycles. The van der Waals surface area contributed by atoms with Gasteiger partial charge in [0.25, 0.3) is 0 Å². The first-order valence-corrected chi connectivity index (χ1v) is 7.65. The second-order valence-corrected chi connectivity index (χ2v) is 5.48. The maximum atomic E-state index is 6.26. The number of hydrogen-bond acceptors (Lipinski definition) is 2. The molecule has 3 aromatic rings. The molecule has 2 aromatic heterocycles. The number of aryl methyl sites for hydroxylation is 1. The summed E-state index contributed by atoms with van der Waals surface area (Å²) in [6.45, 7) is 6.64. The van der Waals surface area contributed by atoms with Crippen molar-refractivity contribution in [2.75, 3.05) is 0 Å². The van der Waals surface area contributed by atoms with Gasteiger partial charge in [-0.1, -0.05) is 41.4 Å². The Labute approximate surface area is 131 Å². The molecule has 0 aliphatic rings. The standard InChI is InChI=1S/C13H10BrClN2O.C2H6/c1-8-13-11(15)4-10(14)5-12(13)17(16-8)6-9-2-3-18-7-9;1-2/h2-5,7H,6H2,1H3;1-2H3. The summed E-state index contributed by atoms with van der Waals surface area (Å²) in [5.41, 5.74) is 3.04. The predicted molar refractivity (Wildman–Crippen MR) is 86.3 cm³/mol. The van der Waals surface area contributed by atoms with E-state index in [9.17, 15) is 0 Å². The second-order valence-electron chi connectivity index (χ2n) is 4.16. The van der Waals surface area contributed by atoms with E-state index >= 15 is 0 Å². The molecule has 0 fully saturated rings. The molecular weight excluding hydrogens is 340 g/mol. The fourth-order valence-corrected chi connectivity index (χ4v) is 3.01. The second kappa shape index (κ2) is 6.46. The van der Waals surface area contributed by atoms with Crippen molar-refractivity contribution < 1.29 is 4.42 Å². The normalized spacial score (nSPS) is 10.4. The van der Waals surface area contributed by atoms with Crippen LogP contribution in [0.5, 0.6) is 0 Å². The van der Waals surface area contributed by atoms with Crippen LogP contribution < -0.4 is 0 Å². The van der Waals surface area contributed by atoms with Gasteiger partial charge in [-0.2, -0.15) is 5.10 Å². The molecule has 0 bridgehead atoms. The Morgan fingerprint density at radius 2 is 2.10 bits per heavy atom. The van der Waals surface area contributed by atoms with E-state index in [1.807, 2.05) is 43.7 Å². The van der Waals surface area contributed by atoms with Gasteiger partial charge in [-0.25, -0.2) is 0 Å². The third kappa shape index (κ3) is 2.91. The summed E-state index contributed by atoms with van der Waals surface area (Å²) >= 11 is 9.72. The molecule has 0 N–H and O–H groups in total. The Hall–Kier alpha value is -1.26. The van der Waals surface area contributed by atoms with Crippen LogP contribution in [-0.4, -0.2) is 9.78 Å². The lowest BCUT2D eigenvalue weighted by molar-refractivity contribution is 0.560. The minimum absolute atomic E-state index is 0.674. The summed E-state index contributed by atoms with van der Waals surface area (Å²) in [5.74, 6) is 0. The van der Waals surface area contributed by atoms with Gasteiger partial charge in [-0.05, 0) is 25.1 Å². The summed E-state index contributed by atoms with van der Waals surface area (Å²) in [4.78, 5) is 0. The van der Waals surface area contributed by atoms with Crippen molar-refractivity contribution >= 4 is 38.4 Å². The van der Waals surface area contributed by atoms with Crippen LogP contribution in [0.25, 0.3) is 10.9 Å². The van der Waals surface area contributed by atoms with Crippen LogP contribution in [0.3, 0.4) is 0 Å². The Kier molecular flexibility index (Phi) is 4.89. The zero-order valence-corrected chi connectivity index (χ0v) is 14.0. The number of fused-ring (bicyclic) bond motifs is 1. The van der Waals surface area contributed by atoms with E-state index in [4.69, 9.17) is 16.0 Å². The molecule has 2 heterocycles. The van der Waals surface area contributed by atoms with Crippen molar-refractivity contribution in [3.63, 3.8) is 0 Å². The van der Waals surface area contributed by atoms with Crippen molar-refractivity contribution in [1.29, 1.82) is 0 Å². The summed E-state index contributed by atoms with van der Waals surface area (Å²) < 4.78 is 7.97. The number of furan rings is 1. The van der Waals surface area contributed by atoms with Crippen molar-refractivity contribution in [3.8, 4) is 0 Å². The van der Waals surface area contributed by atoms with Gasteiger partial charge in [0.15, 0.2) is 0 Å². The highest BCUT2D eigenvalue weighted by Gasteiger charge is 2.12. The molecule has 0 atom stereocenters. The number of halogens is 2. The first kappa shape index (κ1) is 15.1. The smallest absolute Gasteiger partial charge is 0.0953 e. The zero-order chi connectivity index (χ0) is 14.7. The molecule has 0 unspecified atom stereocenters. The third-order valence-electron chi connectivity index (χ3n) is 2.86. The van der Waals surface area contributed by atoms with Crippen molar-refractivity contribution in [2.24, 2.45) is 0 Å². The fourth-order valence-electron chi connectivity index (χ4n) is 2.08. The van der Waals surface area contributed by atoms with Gasteiger partial charge in [-0.3, -0.25) is 4.68 Å². The highest BCUT2D eigenvalue weighted by atomic mass is 79.9. The first-order chi connectivity index (χ1) is 9.65. The first-order valence-electron chi connectivity index (χ1n) is 6.48. The van der Waals surface area contributed by atoms with E-state index in [1.54, 1.807) is 12.5 Å². The predicted octanol–water partition coefficient (Wildman–Crippen LogP) is 5.43. The molecule has 0 spiro atoms. The molecule has 0 radical (unpaired) electrons. The summed E-state index contributed by atoms with van der Waals surface area (Å²) in [6, 6.07) is 5.85. The van der Waals surface area contributed by atoms with Crippen LogP contribution in [0.2, 0.25) is 5.02 Å². The quantitative estimate of drug-likeness (QED) is 0.614. The number of benzene rings is 1. The van der Waals surface area contributed by atoms with Crippen LogP contribution in [0.1, 0.15) is 25.1 Å². The average Bonchev–Trinajstić information content (AvgIpc) is 3.01. The Balaban J connectivity index is 0.000000704. The highest BCUT2D eigenvalue weighted by Crippen LogP contribution is 2.30. The molecule has 1 aromatic carbocycles. The molecule has 106 valence electrons. The van der Waals surface area contributed by atoms with Crippen molar-refractivity contribution in [3.05, 3.63) is 51.5 Å². The Morgan fingerprint density at radius 3 is 2.75 bits per heavy atom. The molecule has 0 saturated heterocycles. The number of rotatable bonds is 2. The number of nitrogens with zero attached hydrogens (tertiary/aromatic N) is 2. The Morgan fingerprint density at radius 1 is 1.35 bits per heavy atom. The Bertz CT molecular complexity index is 704. The average molecular weight is 356 g/mol. The van der Waals surface area contributed by atoms with Crippen LogP contribution in [0.15, 0.2) is 39.6 Å². The van der Waals surface area contributed by atoms with E-state index < -0.39 is 0 Å². The lowest BCUT2D eigenvalue weighted by atomic mass is 10.2. The third-order valence-corrected chi connectivity index (χ3v) is 3.61. The lowest BCUT2D eigenvalue weighted by Gasteiger charge is -2.02. The van der Waals surface area contributed by atoms with Gasteiger partial charge < -0.3 is 4.42 Å². The maximum Gasteiger partial charge on any atom is 0.0953 e. The van der Waals surface area contributed by atoms with Gasteiger partial charge in [0.2, 0.25) is 0 Å². The fraction of sp³-hybridized carbons (Fsp3) is 0.267. The van der Waals surface area contributed by atoms with Gasteiger partial charge in [0.1, 0.15) is 0 Å². The molecule has 0 aliphatic carbocycles. The molecule has 20 heavy (non-hydrogen) atoms. The van der Waals surface area contributed by atoms with Crippen molar-refractivity contribution in [1.82, 2.24) is 9.78 Å². The summed E-state index contributed by atoms with van der Waals surface area (Å²) in [6.07, 6.45) is 3.39. The van der Waals surface area contributed by atoms with E-state index in [-0.39, 0.29) is 0 Å². The van der Waals surface area contributed by atoms with Crippen LogP contribution in [-0.2, 0) is 6.54 Å². The van der Waals surface area contributed by atoms with Gasteiger partial charge in [0, 0.05) is 15.4 Å². The highest BCUT2D eigenvalue weighted by molar-refractivity contribution is 9.10. The molecule has 3 rings (SSSR count). The van der Waals surface area contributed by atoms with E-state index in [1.165, 1.54) is 0 Å². The van der Waals surface area contributed by atoms with Gasteiger partial charge >= 0.3 is 0 Å². The number of hydrogen-bond donors (Lipinski definition) is 0. The van der Waals surface area contributed by atoms with Crippen LogP contribution >= 0.6 is 27.5 Å². The monoisotopic (exact) mass is 354 g/mol. The molecule has 0 saturated carbocycles. The van der Waals surface area contributed by atoms with E-state index in [0.717, 1.165) is 31.7 Å². The molecular formula is C15H16BrClN2O. The minimum atomic E-state index is 0.674. The SMILES string of the molecule is CC.Cc1nn(Cc2ccoc2)c2cc(Br)cc(Cl)c12. The van der Waals surface area contributed by atoms with Crippen molar-refractivity contribution in [2.45, 2.75) is 27.3 Å². The molecule has 5 heteroatoms. The summed E-state index contributed by atoms with van der Waals surface area (Å²) in [5, 5.41) is 6.26. The maximum absolute atomic E-state index is 6.26. The lowest BCUT2D eigenvalue weighted by Crippen LogP contribution is -2.00. The minimum Gasteiger partial charge on any atom is -0.472 e. The largest absolute Gasteiger partial charge is 0.472 e. The number of aromatic nitrogens is 2.